The molecule has 0 amide bonds. The number of unbranched alkanes of at least 4 members (excludes halogenated alkanes) is 1. The number of nitrogens with one attached hydrogen (secondary N) is 1. The maximum absolute atomic E-state index is 13.3. The lowest BCUT2D eigenvalue weighted by Crippen LogP contribution is -2.27. The second kappa shape index (κ2) is 10.2. The van der Waals surface area contributed by atoms with Crippen molar-refractivity contribution < 1.29 is 0 Å². The predicted octanol–water partition coefficient (Wildman–Crippen LogP) is 5.20. The number of nitrogens with zero attached hydrogens (tertiary/aromatic N) is 5. The van der Waals surface area contributed by atoms with E-state index in [0.717, 1.165) is 47.2 Å². The largest absolute Gasteiger partial charge is 0.329 e. The van der Waals surface area contributed by atoms with Crippen molar-refractivity contribution in [3.63, 3.8) is 0 Å². The maximum Gasteiger partial charge on any atom is 0.329 e. The van der Waals surface area contributed by atoms with Gasteiger partial charge in [0.1, 0.15) is 5.15 Å². The SMILES string of the molecule is CCCCc1c(Cl)n(CC(C)C)c(=O)n1Cc1ccc(-c2ccccc2)c(-c2nnn[nH]2)c1. The van der Waals surface area contributed by atoms with Crippen molar-refractivity contribution in [2.24, 2.45) is 5.92 Å². The van der Waals surface area contributed by atoms with E-state index >= 15 is 0 Å². The van der Waals surface area contributed by atoms with Gasteiger partial charge in [-0.15, -0.1) is 5.10 Å². The van der Waals surface area contributed by atoms with Gasteiger partial charge in [-0.25, -0.2) is 9.89 Å². The molecule has 0 atom stereocenters. The molecule has 0 bridgehead atoms. The summed E-state index contributed by atoms with van der Waals surface area (Å²) < 4.78 is 3.52. The number of H-pyrrole nitrogens is 1. The van der Waals surface area contributed by atoms with Crippen molar-refractivity contribution in [1.29, 1.82) is 0 Å². The van der Waals surface area contributed by atoms with Crippen LogP contribution in [0.3, 0.4) is 0 Å². The van der Waals surface area contributed by atoms with E-state index in [4.69, 9.17) is 11.6 Å². The summed E-state index contributed by atoms with van der Waals surface area (Å²) >= 11 is 6.71. The Hall–Kier alpha value is -3.19. The molecule has 33 heavy (non-hydrogen) atoms. The van der Waals surface area contributed by atoms with Crippen molar-refractivity contribution in [3.05, 3.63) is 75.4 Å². The fourth-order valence-electron chi connectivity index (χ4n) is 4.09. The maximum atomic E-state index is 13.3. The first-order chi connectivity index (χ1) is 16.0. The van der Waals surface area contributed by atoms with E-state index in [0.29, 0.717) is 30.0 Å². The van der Waals surface area contributed by atoms with E-state index < -0.39 is 0 Å². The molecule has 2 aromatic carbocycles. The van der Waals surface area contributed by atoms with E-state index in [1.807, 2.05) is 28.8 Å². The van der Waals surface area contributed by atoms with E-state index in [-0.39, 0.29) is 5.69 Å². The Morgan fingerprint density at radius 2 is 1.85 bits per heavy atom. The Labute approximate surface area is 198 Å². The van der Waals surface area contributed by atoms with Crippen molar-refractivity contribution in [2.45, 2.75) is 53.1 Å². The highest BCUT2D eigenvalue weighted by Crippen LogP contribution is 2.31. The molecule has 1 N–H and O–H groups in total. The minimum Gasteiger partial charge on any atom is -0.290 e. The van der Waals surface area contributed by atoms with Crippen LogP contribution in [0.15, 0.2) is 53.3 Å². The molecule has 4 aromatic rings. The van der Waals surface area contributed by atoms with Crippen LogP contribution in [0.1, 0.15) is 44.9 Å². The van der Waals surface area contributed by atoms with Crippen LogP contribution in [0.4, 0.5) is 0 Å². The molecule has 2 aromatic heterocycles. The smallest absolute Gasteiger partial charge is 0.290 e. The number of hydrogen-bond acceptors (Lipinski definition) is 4. The third-order valence-corrected chi connectivity index (χ3v) is 6.11. The summed E-state index contributed by atoms with van der Waals surface area (Å²) in [6.45, 7) is 7.36. The molecule has 7 nitrogen and oxygen atoms in total. The zero-order chi connectivity index (χ0) is 23.4. The molecule has 8 heteroatoms. The number of benzene rings is 2. The highest BCUT2D eigenvalue weighted by Gasteiger charge is 2.20. The molecule has 0 aliphatic rings. The summed E-state index contributed by atoms with van der Waals surface area (Å²) in [7, 11) is 0. The minimum atomic E-state index is -0.0604. The van der Waals surface area contributed by atoms with Gasteiger partial charge in [0.2, 0.25) is 0 Å². The lowest BCUT2D eigenvalue weighted by molar-refractivity contribution is 0.504. The van der Waals surface area contributed by atoms with Gasteiger partial charge in [0, 0.05) is 12.1 Å². The standard InChI is InChI=1S/C25H29ClN6O/c1-4-5-11-22-23(26)32(15-17(2)3)25(33)31(22)16-18-12-13-20(19-9-7-6-8-10-19)21(14-18)24-27-29-30-28-24/h6-10,12-14,17H,4-5,11,15-16H2,1-3H3,(H,27,28,29,30). The number of aromatic amines is 1. The van der Waals surface area contributed by atoms with Crippen LogP contribution in [0.5, 0.6) is 0 Å². The Bertz CT molecular complexity index is 1260. The summed E-state index contributed by atoms with van der Waals surface area (Å²) in [5.74, 6) is 0.912. The van der Waals surface area contributed by atoms with Gasteiger partial charge in [-0.3, -0.25) is 9.13 Å². The molecule has 2 heterocycles. The van der Waals surface area contributed by atoms with Crippen LogP contribution in [0.2, 0.25) is 5.15 Å². The summed E-state index contributed by atoms with van der Waals surface area (Å²) in [6.07, 6.45) is 2.79. The number of hydrogen-bond donors (Lipinski definition) is 1. The molecule has 0 aliphatic carbocycles. The molecule has 4 rings (SSSR count). The van der Waals surface area contributed by atoms with E-state index in [1.165, 1.54) is 0 Å². The Balaban J connectivity index is 1.78. The number of halogens is 1. The van der Waals surface area contributed by atoms with Crippen LogP contribution in [0, 0.1) is 5.92 Å². The molecule has 0 radical (unpaired) electrons. The van der Waals surface area contributed by atoms with Crippen LogP contribution in [0.25, 0.3) is 22.5 Å². The molecular formula is C25H29ClN6O. The van der Waals surface area contributed by atoms with Crippen molar-refractivity contribution >= 4 is 11.6 Å². The Morgan fingerprint density at radius 3 is 2.52 bits per heavy atom. The van der Waals surface area contributed by atoms with E-state index in [1.54, 1.807) is 4.57 Å². The third kappa shape index (κ3) is 4.93. The average Bonchev–Trinajstić information content (AvgIpc) is 3.42. The second-order valence-electron chi connectivity index (χ2n) is 8.71. The number of aromatic nitrogens is 6. The lowest BCUT2D eigenvalue weighted by atomic mass is 9.97. The Kier molecular flexibility index (Phi) is 7.08. The van der Waals surface area contributed by atoms with Crippen molar-refractivity contribution in [1.82, 2.24) is 29.8 Å². The van der Waals surface area contributed by atoms with Gasteiger partial charge in [0.25, 0.3) is 0 Å². The fraction of sp³-hybridized carbons (Fsp3) is 0.360. The molecule has 0 spiro atoms. The molecule has 0 unspecified atom stereocenters. The summed E-state index contributed by atoms with van der Waals surface area (Å²) in [5.41, 5.74) is 4.81. The highest BCUT2D eigenvalue weighted by atomic mass is 35.5. The van der Waals surface area contributed by atoms with Gasteiger partial charge in [-0.05, 0) is 51.9 Å². The van der Waals surface area contributed by atoms with Crippen LogP contribution in [-0.2, 0) is 19.5 Å². The third-order valence-electron chi connectivity index (χ3n) is 5.69. The van der Waals surface area contributed by atoms with Gasteiger partial charge < -0.3 is 0 Å². The van der Waals surface area contributed by atoms with Crippen LogP contribution >= 0.6 is 11.6 Å². The van der Waals surface area contributed by atoms with Crippen LogP contribution in [-0.4, -0.2) is 29.8 Å². The second-order valence-corrected chi connectivity index (χ2v) is 9.07. The quantitative estimate of drug-likeness (QED) is 0.369. The normalized spacial score (nSPS) is 11.4. The van der Waals surface area contributed by atoms with E-state index in [2.05, 4.69) is 65.7 Å². The molecule has 0 saturated heterocycles. The summed E-state index contributed by atoms with van der Waals surface area (Å²) in [6, 6.07) is 16.3. The van der Waals surface area contributed by atoms with Gasteiger partial charge in [-0.2, -0.15) is 0 Å². The van der Waals surface area contributed by atoms with Gasteiger partial charge >= 0.3 is 5.69 Å². The first-order valence-corrected chi connectivity index (χ1v) is 11.8. The van der Waals surface area contributed by atoms with E-state index in [9.17, 15) is 4.79 Å². The Morgan fingerprint density at radius 1 is 1.06 bits per heavy atom. The lowest BCUT2D eigenvalue weighted by Gasteiger charge is -2.12. The monoisotopic (exact) mass is 464 g/mol. The van der Waals surface area contributed by atoms with Gasteiger partial charge in [0.15, 0.2) is 5.82 Å². The zero-order valence-corrected chi connectivity index (χ0v) is 20.0. The molecule has 0 aliphatic heterocycles. The number of tetrazole rings is 1. The van der Waals surface area contributed by atoms with Crippen molar-refractivity contribution in [3.8, 4) is 22.5 Å². The summed E-state index contributed by atoms with van der Waals surface area (Å²) in [5, 5.41) is 15.1. The molecule has 0 saturated carbocycles. The van der Waals surface area contributed by atoms with Crippen molar-refractivity contribution in [2.75, 3.05) is 0 Å². The topological polar surface area (TPSA) is 81.4 Å². The summed E-state index contributed by atoms with van der Waals surface area (Å²) in [4.78, 5) is 13.3. The fourth-order valence-corrected chi connectivity index (χ4v) is 4.43. The predicted molar refractivity (Wildman–Crippen MR) is 131 cm³/mol. The zero-order valence-electron chi connectivity index (χ0n) is 19.3. The molecule has 0 fully saturated rings. The first-order valence-electron chi connectivity index (χ1n) is 11.4. The minimum absolute atomic E-state index is 0.0604. The van der Waals surface area contributed by atoms with Gasteiger partial charge in [-0.1, -0.05) is 81.3 Å². The van der Waals surface area contributed by atoms with Gasteiger partial charge in [0.05, 0.1) is 12.2 Å². The van der Waals surface area contributed by atoms with Crippen LogP contribution < -0.4 is 5.69 Å². The first kappa shape index (κ1) is 23.0. The number of rotatable bonds is 9. The highest BCUT2D eigenvalue weighted by molar-refractivity contribution is 6.30. The average molecular weight is 465 g/mol. The molecule has 172 valence electrons. The number of imidazole rings is 1. The molecular weight excluding hydrogens is 436 g/mol.